The molecule has 0 N–H and O–H groups in total. The number of benzene rings is 1. The molecule has 1 heterocycles. The molecule has 1 aliphatic rings. The minimum Gasteiger partial charge on any atom is -0.598 e. The third kappa shape index (κ3) is 1.69. The quantitative estimate of drug-likeness (QED) is 0.321. The van der Waals surface area contributed by atoms with Crippen LogP contribution in [0.3, 0.4) is 0 Å². The van der Waals surface area contributed by atoms with Gasteiger partial charge < -0.3 is 5.21 Å². The van der Waals surface area contributed by atoms with Gasteiger partial charge in [0.25, 0.3) is 5.69 Å². The predicted octanol–water partition coefficient (Wildman–Crippen LogP) is 1.78. The summed E-state index contributed by atoms with van der Waals surface area (Å²) >= 11 is 0. The van der Waals surface area contributed by atoms with Gasteiger partial charge in [-0.2, -0.15) is 4.76 Å². The maximum atomic E-state index is 11.9. The molecule has 1 aromatic carbocycles. The highest BCUT2D eigenvalue weighted by molar-refractivity contribution is 5.48. The van der Waals surface area contributed by atoms with Crippen molar-refractivity contribution in [1.82, 2.24) is 4.76 Å². The van der Waals surface area contributed by atoms with Crippen LogP contribution in [0.1, 0.15) is 0 Å². The molecule has 1 aromatic rings. The van der Waals surface area contributed by atoms with Gasteiger partial charge in [-0.15, -0.1) is 5.11 Å². The smallest absolute Gasteiger partial charge is 0.269 e. The van der Waals surface area contributed by atoms with Crippen molar-refractivity contribution in [2.45, 2.75) is 0 Å². The van der Waals surface area contributed by atoms with Crippen molar-refractivity contribution in [3.05, 3.63) is 39.6 Å². The van der Waals surface area contributed by atoms with Gasteiger partial charge in [-0.3, -0.25) is 10.1 Å². The van der Waals surface area contributed by atoms with Gasteiger partial charge in [0, 0.05) is 29.5 Å². The molecule has 78 valence electrons. The molecule has 0 aliphatic carbocycles. The Morgan fingerprint density at radius 2 is 2.00 bits per heavy atom. The van der Waals surface area contributed by atoms with Crippen molar-refractivity contribution < 1.29 is 4.92 Å². The Kier molecular flexibility index (Phi) is 2.18. The second-order valence-corrected chi connectivity index (χ2v) is 3.15. The molecule has 2 rings (SSSR count). The summed E-state index contributed by atoms with van der Waals surface area (Å²) in [6.45, 7) is 0.637. The summed E-state index contributed by atoms with van der Waals surface area (Å²) in [6, 6.07) is 5.41. The third-order valence-electron chi connectivity index (χ3n) is 2.17. The normalized spacial score (nSPS) is 24.3. The zero-order valence-corrected chi connectivity index (χ0v) is 7.74. The van der Waals surface area contributed by atoms with E-state index in [-0.39, 0.29) is 12.2 Å². The first-order valence-corrected chi connectivity index (χ1v) is 4.35. The molecule has 1 aliphatic heterocycles. The topological polar surface area (TPSA) is 90.9 Å². The highest BCUT2D eigenvalue weighted by Crippen LogP contribution is 2.27. The van der Waals surface area contributed by atoms with Gasteiger partial charge in [0.05, 0.1) is 4.92 Å². The van der Waals surface area contributed by atoms with E-state index in [1.54, 1.807) is 0 Å². The Morgan fingerprint density at radius 3 is 2.47 bits per heavy atom. The molecular weight excluding hydrogens is 200 g/mol. The van der Waals surface area contributed by atoms with Gasteiger partial charge in [-0.25, -0.2) is 0 Å². The summed E-state index contributed by atoms with van der Waals surface area (Å²) < 4.78 is -0.877. The van der Waals surface area contributed by atoms with Crippen LogP contribution in [0.2, 0.25) is 0 Å². The van der Waals surface area contributed by atoms with Gasteiger partial charge in [-0.05, 0) is 0 Å². The van der Waals surface area contributed by atoms with E-state index in [1.165, 1.54) is 24.3 Å². The van der Waals surface area contributed by atoms with Gasteiger partial charge in [0.1, 0.15) is 13.1 Å². The van der Waals surface area contributed by atoms with Gasteiger partial charge in [0.15, 0.2) is 5.69 Å². The molecule has 0 fully saturated rings. The first-order valence-electron chi connectivity index (χ1n) is 4.35. The van der Waals surface area contributed by atoms with Crippen molar-refractivity contribution in [1.29, 1.82) is 0 Å². The zero-order valence-electron chi connectivity index (χ0n) is 7.74. The number of hydrogen-bond acceptors (Lipinski definition) is 5. The molecular formula is C8H8N4O3. The zero-order chi connectivity index (χ0) is 10.9. The molecule has 0 bridgehead atoms. The Bertz CT molecular complexity index is 416. The highest BCUT2D eigenvalue weighted by atomic mass is 16.6. The van der Waals surface area contributed by atoms with E-state index in [4.69, 9.17) is 0 Å². The van der Waals surface area contributed by atoms with E-state index in [9.17, 15) is 15.3 Å². The predicted molar refractivity (Wildman–Crippen MR) is 52.8 cm³/mol. The van der Waals surface area contributed by atoms with Crippen molar-refractivity contribution in [3.63, 3.8) is 0 Å². The third-order valence-corrected chi connectivity index (χ3v) is 2.17. The number of nitro groups is 1. The van der Waals surface area contributed by atoms with Crippen molar-refractivity contribution in [2.24, 2.45) is 10.3 Å². The maximum absolute atomic E-state index is 11.9. The summed E-state index contributed by atoms with van der Waals surface area (Å²) in [5.74, 6) is 0. The fourth-order valence-corrected chi connectivity index (χ4v) is 1.36. The summed E-state index contributed by atoms with van der Waals surface area (Å²) in [6.07, 6.45) is 0. The van der Waals surface area contributed by atoms with E-state index in [0.29, 0.717) is 12.2 Å². The Balaban J connectivity index is 2.31. The lowest BCUT2D eigenvalue weighted by atomic mass is 10.3. The molecule has 0 aromatic heterocycles. The largest absolute Gasteiger partial charge is 0.598 e. The molecule has 7 heteroatoms. The van der Waals surface area contributed by atoms with Crippen LogP contribution in [0, 0.1) is 15.3 Å². The standard InChI is InChI=1S/C8H8N4O3/c13-11(14)7-1-3-8(4-2-7)12(15)6-5-9-10-12/h1-4H,5-6H2. The summed E-state index contributed by atoms with van der Waals surface area (Å²) in [5, 5.41) is 29.5. The second kappa shape index (κ2) is 3.37. The van der Waals surface area contributed by atoms with Crippen LogP contribution in [0.15, 0.2) is 34.6 Å². The number of hydrogen-bond donors (Lipinski definition) is 0. The van der Waals surface area contributed by atoms with Crippen LogP contribution in [0.4, 0.5) is 11.4 Å². The molecule has 1 unspecified atom stereocenters. The minimum absolute atomic E-state index is 0.0403. The highest BCUT2D eigenvalue weighted by Gasteiger charge is 2.25. The monoisotopic (exact) mass is 208 g/mol. The molecule has 15 heavy (non-hydrogen) atoms. The minimum atomic E-state index is -0.877. The van der Waals surface area contributed by atoms with Crippen molar-refractivity contribution >= 4 is 11.4 Å². The Labute approximate surface area is 84.9 Å². The number of nitro benzene ring substituents is 1. The SMILES string of the molecule is O=[N+]([O-])c1ccc([N+]2([O-])CCN=N2)cc1. The lowest BCUT2D eigenvalue weighted by molar-refractivity contribution is -0.384. The molecule has 7 nitrogen and oxygen atoms in total. The van der Waals surface area contributed by atoms with Crippen LogP contribution in [0.5, 0.6) is 0 Å². The average molecular weight is 208 g/mol. The van der Waals surface area contributed by atoms with Crippen molar-refractivity contribution in [3.8, 4) is 0 Å². The second-order valence-electron chi connectivity index (χ2n) is 3.15. The first kappa shape index (κ1) is 9.69. The lowest BCUT2D eigenvalue weighted by Crippen LogP contribution is -2.35. The van der Waals surface area contributed by atoms with Crippen LogP contribution in [0.25, 0.3) is 0 Å². The number of nitrogens with zero attached hydrogens (tertiary/aromatic N) is 4. The molecule has 0 amide bonds. The first-order chi connectivity index (χ1) is 7.12. The fraction of sp³-hybridized carbons (Fsp3) is 0.250. The van der Waals surface area contributed by atoms with Crippen LogP contribution < -0.4 is 4.76 Å². The molecule has 0 saturated carbocycles. The van der Waals surface area contributed by atoms with E-state index >= 15 is 0 Å². The molecule has 1 atom stereocenters. The van der Waals surface area contributed by atoms with Crippen LogP contribution in [-0.2, 0) is 0 Å². The van der Waals surface area contributed by atoms with E-state index in [1.807, 2.05) is 0 Å². The summed E-state index contributed by atoms with van der Waals surface area (Å²) in [5.41, 5.74) is 0.323. The number of quaternary nitrogens is 1. The summed E-state index contributed by atoms with van der Waals surface area (Å²) in [7, 11) is 0. The van der Waals surface area contributed by atoms with Gasteiger partial charge in [-0.1, -0.05) is 0 Å². The lowest BCUT2D eigenvalue weighted by Gasteiger charge is -2.28. The maximum Gasteiger partial charge on any atom is 0.269 e. The van der Waals surface area contributed by atoms with Gasteiger partial charge >= 0.3 is 0 Å². The number of non-ortho nitro benzene ring substituents is 1. The van der Waals surface area contributed by atoms with E-state index in [0.717, 1.165) is 0 Å². The summed E-state index contributed by atoms with van der Waals surface area (Å²) in [4.78, 5) is 9.88. The number of hydroxylamine groups is 1. The van der Waals surface area contributed by atoms with Gasteiger partial charge in [0.2, 0.25) is 0 Å². The van der Waals surface area contributed by atoms with E-state index in [2.05, 4.69) is 10.3 Å². The van der Waals surface area contributed by atoms with E-state index < -0.39 is 9.68 Å². The Morgan fingerprint density at radius 1 is 1.33 bits per heavy atom. The van der Waals surface area contributed by atoms with Crippen LogP contribution >= 0.6 is 0 Å². The molecule has 0 saturated heterocycles. The number of rotatable bonds is 2. The Hall–Kier alpha value is -1.86. The molecule has 0 radical (unpaired) electrons. The fourth-order valence-electron chi connectivity index (χ4n) is 1.36. The van der Waals surface area contributed by atoms with Crippen molar-refractivity contribution in [2.75, 3.05) is 13.1 Å². The molecule has 0 spiro atoms. The average Bonchev–Trinajstić information content (AvgIpc) is 2.67. The van der Waals surface area contributed by atoms with Crippen LogP contribution in [-0.4, -0.2) is 18.0 Å².